The lowest BCUT2D eigenvalue weighted by atomic mass is 10.0. The minimum atomic E-state index is -0.937. The van der Waals surface area contributed by atoms with Gasteiger partial charge in [0.05, 0.1) is 6.61 Å². The van der Waals surface area contributed by atoms with Gasteiger partial charge < -0.3 is 19.5 Å². The first-order chi connectivity index (χ1) is 10.6. The number of likely N-dealkylation sites (tertiary alicyclic amines) is 1. The Bertz CT molecular complexity index is 514. The predicted octanol–water partition coefficient (Wildman–Crippen LogP) is 1.79. The van der Waals surface area contributed by atoms with Crippen LogP contribution in [0.5, 0.6) is 5.75 Å². The molecule has 0 bridgehead atoms. The molecule has 6 heteroatoms. The maximum atomic E-state index is 12.5. The Morgan fingerprint density at radius 3 is 2.59 bits per heavy atom. The average Bonchev–Trinajstić information content (AvgIpc) is 2.55. The van der Waals surface area contributed by atoms with Crippen LogP contribution in [0.1, 0.15) is 29.6 Å². The zero-order valence-corrected chi connectivity index (χ0v) is 12.7. The van der Waals surface area contributed by atoms with Crippen LogP contribution in [0.25, 0.3) is 0 Å². The van der Waals surface area contributed by atoms with Crippen LogP contribution in [0.4, 0.5) is 0 Å². The molecular weight excluding hydrogens is 286 g/mol. The lowest BCUT2D eigenvalue weighted by Crippen LogP contribution is -2.47. The molecule has 120 valence electrons. The molecule has 1 aliphatic rings. The first-order valence-corrected chi connectivity index (χ1v) is 7.39. The number of piperidine rings is 1. The van der Waals surface area contributed by atoms with E-state index in [9.17, 15) is 14.7 Å². The third-order valence-corrected chi connectivity index (χ3v) is 3.71. The SMILES string of the molecule is COCCOc1ccc(C(=O)N2CCCC[C@@H]2C(=O)O)cc1. The standard InChI is InChI=1S/C16H21NO5/c1-21-10-11-22-13-7-5-12(6-8-13)15(18)17-9-3-2-4-14(17)16(19)20/h5-8,14H,2-4,9-11H2,1H3,(H,19,20)/t14-/m1/s1. The number of hydrogen-bond acceptors (Lipinski definition) is 4. The maximum Gasteiger partial charge on any atom is 0.326 e. The molecule has 1 aliphatic heterocycles. The Hall–Kier alpha value is -2.08. The second-order valence-corrected chi connectivity index (χ2v) is 5.21. The van der Waals surface area contributed by atoms with Crippen molar-refractivity contribution < 1.29 is 24.2 Å². The van der Waals surface area contributed by atoms with Crippen molar-refractivity contribution in [3.63, 3.8) is 0 Å². The number of aliphatic carboxylic acids is 1. The van der Waals surface area contributed by atoms with Crippen LogP contribution >= 0.6 is 0 Å². The predicted molar refractivity (Wildman–Crippen MR) is 80.1 cm³/mol. The van der Waals surface area contributed by atoms with Gasteiger partial charge in [-0.05, 0) is 43.5 Å². The minimum absolute atomic E-state index is 0.240. The molecule has 1 saturated heterocycles. The van der Waals surface area contributed by atoms with Crippen molar-refractivity contribution in [2.45, 2.75) is 25.3 Å². The summed E-state index contributed by atoms with van der Waals surface area (Å²) in [7, 11) is 1.60. The lowest BCUT2D eigenvalue weighted by Gasteiger charge is -2.33. The number of benzene rings is 1. The highest BCUT2D eigenvalue weighted by molar-refractivity contribution is 5.96. The van der Waals surface area contributed by atoms with E-state index in [-0.39, 0.29) is 5.91 Å². The number of carbonyl (C=O) groups is 2. The summed E-state index contributed by atoms with van der Waals surface area (Å²) < 4.78 is 10.3. The van der Waals surface area contributed by atoms with Crippen LogP contribution in [0.3, 0.4) is 0 Å². The van der Waals surface area contributed by atoms with Gasteiger partial charge in [-0.3, -0.25) is 4.79 Å². The van der Waals surface area contributed by atoms with Gasteiger partial charge in [0.25, 0.3) is 5.91 Å². The molecular formula is C16H21NO5. The summed E-state index contributed by atoms with van der Waals surface area (Å²) >= 11 is 0. The average molecular weight is 307 g/mol. The van der Waals surface area contributed by atoms with Gasteiger partial charge >= 0.3 is 5.97 Å². The lowest BCUT2D eigenvalue weighted by molar-refractivity contribution is -0.143. The first-order valence-electron chi connectivity index (χ1n) is 7.39. The van der Waals surface area contributed by atoms with Crippen molar-refractivity contribution in [2.75, 3.05) is 26.9 Å². The van der Waals surface area contributed by atoms with Crippen molar-refractivity contribution in [1.29, 1.82) is 0 Å². The first kappa shape index (κ1) is 16.3. The molecule has 2 rings (SSSR count). The highest BCUT2D eigenvalue weighted by Crippen LogP contribution is 2.21. The summed E-state index contributed by atoms with van der Waals surface area (Å²) in [5.74, 6) is -0.523. The number of ether oxygens (including phenoxy) is 2. The number of carboxylic acid groups (broad SMARTS) is 1. The molecule has 1 aromatic rings. The summed E-state index contributed by atoms with van der Waals surface area (Å²) in [6.07, 6.45) is 2.19. The van der Waals surface area contributed by atoms with Crippen LogP contribution < -0.4 is 4.74 Å². The molecule has 1 atom stereocenters. The molecule has 22 heavy (non-hydrogen) atoms. The monoisotopic (exact) mass is 307 g/mol. The molecule has 1 heterocycles. The number of rotatable bonds is 6. The Labute approximate surface area is 129 Å². The maximum absolute atomic E-state index is 12.5. The Balaban J connectivity index is 2.03. The summed E-state index contributed by atoms with van der Waals surface area (Å²) in [5, 5.41) is 9.24. The van der Waals surface area contributed by atoms with Gasteiger partial charge in [-0.2, -0.15) is 0 Å². The van der Waals surface area contributed by atoms with Crippen molar-refractivity contribution in [1.82, 2.24) is 4.90 Å². The highest BCUT2D eigenvalue weighted by Gasteiger charge is 2.32. The van der Waals surface area contributed by atoms with Crippen molar-refractivity contribution in [2.24, 2.45) is 0 Å². The van der Waals surface area contributed by atoms with Gasteiger partial charge in [-0.15, -0.1) is 0 Å². The summed E-state index contributed by atoms with van der Waals surface area (Å²) in [6.45, 7) is 1.42. The molecule has 1 fully saturated rings. The van der Waals surface area contributed by atoms with E-state index in [0.717, 1.165) is 12.8 Å². The zero-order chi connectivity index (χ0) is 15.9. The Morgan fingerprint density at radius 2 is 1.95 bits per heavy atom. The zero-order valence-electron chi connectivity index (χ0n) is 12.7. The smallest absolute Gasteiger partial charge is 0.326 e. The van der Waals surface area contributed by atoms with E-state index in [1.165, 1.54) is 4.90 Å². The Kier molecular flexibility index (Phi) is 5.77. The van der Waals surface area contributed by atoms with Crippen molar-refractivity contribution in [3.05, 3.63) is 29.8 Å². The number of carboxylic acids is 1. The molecule has 0 aromatic heterocycles. The number of hydrogen-bond donors (Lipinski definition) is 1. The minimum Gasteiger partial charge on any atom is -0.491 e. The quantitative estimate of drug-likeness (QED) is 0.811. The number of amides is 1. The molecule has 6 nitrogen and oxygen atoms in total. The Morgan fingerprint density at radius 1 is 1.23 bits per heavy atom. The van der Waals surface area contributed by atoms with Crippen LogP contribution in [0, 0.1) is 0 Å². The fraction of sp³-hybridized carbons (Fsp3) is 0.500. The molecule has 1 aromatic carbocycles. The van der Waals surface area contributed by atoms with E-state index in [0.29, 0.717) is 37.5 Å². The van der Waals surface area contributed by atoms with E-state index in [1.807, 2.05) is 0 Å². The summed E-state index contributed by atoms with van der Waals surface area (Å²) in [6, 6.07) is 6.03. The number of carbonyl (C=O) groups excluding carboxylic acids is 1. The highest BCUT2D eigenvalue weighted by atomic mass is 16.5. The van der Waals surface area contributed by atoms with Crippen LogP contribution in [0.15, 0.2) is 24.3 Å². The van der Waals surface area contributed by atoms with E-state index in [1.54, 1.807) is 31.4 Å². The van der Waals surface area contributed by atoms with Gasteiger partial charge in [-0.25, -0.2) is 4.79 Å². The van der Waals surface area contributed by atoms with Gasteiger partial charge in [-0.1, -0.05) is 0 Å². The molecule has 0 radical (unpaired) electrons. The normalized spacial score (nSPS) is 18.0. The van der Waals surface area contributed by atoms with Crippen molar-refractivity contribution in [3.8, 4) is 5.75 Å². The third-order valence-electron chi connectivity index (χ3n) is 3.71. The number of nitrogens with zero attached hydrogens (tertiary/aromatic N) is 1. The molecule has 1 N–H and O–H groups in total. The van der Waals surface area contributed by atoms with Gasteiger partial charge in [0, 0.05) is 19.2 Å². The molecule has 0 unspecified atom stereocenters. The summed E-state index contributed by atoms with van der Waals surface area (Å²) in [4.78, 5) is 25.2. The molecule has 1 amide bonds. The molecule has 0 spiro atoms. The molecule has 0 aliphatic carbocycles. The second kappa shape index (κ2) is 7.79. The van der Waals surface area contributed by atoms with Crippen LogP contribution in [0.2, 0.25) is 0 Å². The van der Waals surface area contributed by atoms with E-state index >= 15 is 0 Å². The van der Waals surface area contributed by atoms with E-state index in [2.05, 4.69) is 0 Å². The topological polar surface area (TPSA) is 76.1 Å². The van der Waals surface area contributed by atoms with E-state index < -0.39 is 12.0 Å². The van der Waals surface area contributed by atoms with Gasteiger partial charge in [0.15, 0.2) is 0 Å². The van der Waals surface area contributed by atoms with Gasteiger partial charge in [0.2, 0.25) is 0 Å². The van der Waals surface area contributed by atoms with Crippen LogP contribution in [-0.4, -0.2) is 54.8 Å². The van der Waals surface area contributed by atoms with Crippen molar-refractivity contribution >= 4 is 11.9 Å². The fourth-order valence-corrected chi connectivity index (χ4v) is 2.53. The third kappa shape index (κ3) is 3.98. The fourth-order valence-electron chi connectivity index (χ4n) is 2.53. The second-order valence-electron chi connectivity index (χ2n) is 5.21. The summed E-state index contributed by atoms with van der Waals surface area (Å²) in [5.41, 5.74) is 0.479. The van der Waals surface area contributed by atoms with Gasteiger partial charge in [0.1, 0.15) is 18.4 Å². The number of methoxy groups -OCH3 is 1. The largest absolute Gasteiger partial charge is 0.491 e. The molecule has 0 saturated carbocycles. The van der Waals surface area contributed by atoms with E-state index in [4.69, 9.17) is 9.47 Å². The van der Waals surface area contributed by atoms with Crippen LogP contribution in [-0.2, 0) is 9.53 Å².